The van der Waals surface area contributed by atoms with Crippen LogP contribution in [0.25, 0.3) is 0 Å². The first-order valence-corrected chi connectivity index (χ1v) is 3.84. The molecule has 5 nitrogen and oxygen atoms in total. The lowest BCUT2D eigenvalue weighted by Crippen LogP contribution is -2.63. The van der Waals surface area contributed by atoms with Gasteiger partial charge in [-0.1, -0.05) is 6.08 Å². The summed E-state index contributed by atoms with van der Waals surface area (Å²) in [6, 6.07) is 0. The third-order valence-electron chi connectivity index (χ3n) is 1.82. The molecule has 0 aromatic rings. The predicted octanol–water partition coefficient (Wildman–Crippen LogP) is -0.832. The van der Waals surface area contributed by atoms with E-state index < -0.39 is 24.2 Å². The normalized spacial score (nSPS) is 28.3. The molecule has 1 heterocycles. The van der Waals surface area contributed by atoms with Crippen LogP contribution in [0.4, 0.5) is 0 Å². The van der Waals surface area contributed by atoms with E-state index in [2.05, 4.69) is 11.9 Å². The molecule has 13 heavy (non-hydrogen) atoms. The van der Waals surface area contributed by atoms with Gasteiger partial charge in [-0.2, -0.15) is 0 Å². The van der Waals surface area contributed by atoms with Crippen LogP contribution in [0.2, 0.25) is 0 Å². The number of ether oxygens (including phenoxy) is 1. The zero-order chi connectivity index (χ0) is 10.0. The average molecular weight is 185 g/mol. The van der Waals surface area contributed by atoms with E-state index in [-0.39, 0.29) is 5.91 Å². The van der Waals surface area contributed by atoms with Gasteiger partial charge in [-0.15, -0.1) is 6.58 Å². The van der Waals surface area contributed by atoms with E-state index in [1.165, 1.54) is 13.0 Å². The van der Waals surface area contributed by atoms with Crippen molar-refractivity contribution in [3.63, 3.8) is 0 Å². The van der Waals surface area contributed by atoms with Crippen LogP contribution in [-0.2, 0) is 14.3 Å². The van der Waals surface area contributed by atoms with Crippen molar-refractivity contribution in [2.75, 3.05) is 0 Å². The van der Waals surface area contributed by atoms with Gasteiger partial charge in [-0.25, -0.2) is 0 Å². The lowest BCUT2D eigenvalue weighted by atomic mass is 9.92. The van der Waals surface area contributed by atoms with Crippen molar-refractivity contribution < 1.29 is 19.4 Å². The maximum Gasteiger partial charge on any atom is 0.304 e. The maximum atomic E-state index is 10.9. The molecule has 2 N–H and O–H groups in total. The van der Waals surface area contributed by atoms with Crippen LogP contribution in [0.1, 0.15) is 6.92 Å². The third kappa shape index (κ3) is 1.86. The molecule has 1 aliphatic heterocycles. The summed E-state index contributed by atoms with van der Waals surface area (Å²) in [5, 5.41) is 11.6. The summed E-state index contributed by atoms with van der Waals surface area (Å²) >= 11 is 0. The van der Waals surface area contributed by atoms with Gasteiger partial charge < -0.3 is 15.2 Å². The first kappa shape index (κ1) is 9.73. The Bertz CT molecular complexity index is 251. The van der Waals surface area contributed by atoms with Gasteiger partial charge in [-0.3, -0.25) is 9.59 Å². The van der Waals surface area contributed by atoms with Gasteiger partial charge >= 0.3 is 5.97 Å². The Morgan fingerprint density at radius 3 is 2.85 bits per heavy atom. The number of aliphatic hydroxyl groups is 1. The Morgan fingerprint density at radius 2 is 2.46 bits per heavy atom. The van der Waals surface area contributed by atoms with Crippen LogP contribution in [0.3, 0.4) is 0 Å². The van der Waals surface area contributed by atoms with E-state index in [1.54, 1.807) is 0 Å². The van der Waals surface area contributed by atoms with Crippen molar-refractivity contribution in [1.82, 2.24) is 5.32 Å². The van der Waals surface area contributed by atoms with Crippen LogP contribution < -0.4 is 5.32 Å². The van der Waals surface area contributed by atoms with Crippen molar-refractivity contribution in [3.8, 4) is 0 Å². The van der Waals surface area contributed by atoms with E-state index in [0.717, 1.165) is 0 Å². The summed E-state index contributed by atoms with van der Waals surface area (Å²) in [5.41, 5.74) is 0. The Kier molecular flexibility index (Phi) is 2.67. The Labute approximate surface area is 75.4 Å². The van der Waals surface area contributed by atoms with Crippen molar-refractivity contribution in [1.29, 1.82) is 0 Å². The molecular formula is C8H11NO4. The minimum Gasteiger partial charge on any atom is -0.441 e. The minimum absolute atomic E-state index is 0.335. The highest BCUT2D eigenvalue weighted by Gasteiger charge is 2.45. The van der Waals surface area contributed by atoms with E-state index in [9.17, 15) is 14.7 Å². The monoisotopic (exact) mass is 185 g/mol. The van der Waals surface area contributed by atoms with Gasteiger partial charge in [0.2, 0.25) is 5.91 Å². The summed E-state index contributed by atoms with van der Waals surface area (Å²) in [4.78, 5) is 21.4. The fraction of sp³-hybridized carbons (Fsp3) is 0.500. The molecule has 72 valence electrons. The highest BCUT2D eigenvalue weighted by molar-refractivity contribution is 5.87. The van der Waals surface area contributed by atoms with E-state index in [4.69, 9.17) is 4.74 Å². The first-order chi connectivity index (χ1) is 6.06. The number of amides is 1. The molecule has 0 aromatic heterocycles. The highest BCUT2D eigenvalue weighted by Crippen LogP contribution is 2.20. The third-order valence-corrected chi connectivity index (χ3v) is 1.82. The molecule has 3 atom stereocenters. The van der Waals surface area contributed by atoms with Gasteiger partial charge in [0.05, 0.1) is 6.10 Å². The number of nitrogens with one attached hydrogen (secondary N) is 1. The zero-order valence-electron chi connectivity index (χ0n) is 7.19. The van der Waals surface area contributed by atoms with Gasteiger partial charge in [0.1, 0.15) is 5.92 Å². The molecule has 1 aliphatic rings. The van der Waals surface area contributed by atoms with Gasteiger partial charge in [0.15, 0.2) is 6.23 Å². The Hall–Kier alpha value is -1.36. The SMILES string of the molecule is C=C[C@H](O)C1C(=O)NC1OC(C)=O. The molecular weight excluding hydrogens is 174 g/mol. The Balaban J connectivity index is 2.55. The predicted molar refractivity (Wildman–Crippen MR) is 43.4 cm³/mol. The van der Waals surface area contributed by atoms with Gasteiger partial charge in [0, 0.05) is 6.92 Å². The summed E-state index contributed by atoms with van der Waals surface area (Å²) in [6.45, 7) is 4.58. The number of aliphatic hydroxyl groups excluding tert-OH is 1. The van der Waals surface area contributed by atoms with Gasteiger partial charge in [0.25, 0.3) is 0 Å². The second kappa shape index (κ2) is 3.57. The number of esters is 1. The average Bonchev–Trinajstić information content (AvgIpc) is 2.02. The molecule has 0 radical (unpaired) electrons. The molecule has 0 aliphatic carbocycles. The number of hydrogen-bond donors (Lipinski definition) is 2. The van der Waals surface area contributed by atoms with E-state index >= 15 is 0 Å². The summed E-state index contributed by atoms with van der Waals surface area (Å²) in [6.07, 6.45) is -0.462. The fourth-order valence-electron chi connectivity index (χ4n) is 1.13. The summed E-state index contributed by atoms with van der Waals surface area (Å²) in [7, 11) is 0. The number of rotatable bonds is 3. The number of carbonyl (C=O) groups excluding carboxylic acids is 2. The van der Waals surface area contributed by atoms with Crippen molar-refractivity contribution >= 4 is 11.9 Å². The lowest BCUT2D eigenvalue weighted by molar-refractivity contribution is -0.172. The topological polar surface area (TPSA) is 75.6 Å². The quantitative estimate of drug-likeness (QED) is 0.342. The van der Waals surface area contributed by atoms with Crippen molar-refractivity contribution in [2.24, 2.45) is 5.92 Å². The fourth-order valence-corrected chi connectivity index (χ4v) is 1.13. The Morgan fingerprint density at radius 1 is 1.85 bits per heavy atom. The van der Waals surface area contributed by atoms with Crippen LogP contribution in [0.5, 0.6) is 0 Å². The maximum absolute atomic E-state index is 10.9. The molecule has 5 heteroatoms. The molecule has 1 saturated heterocycles. The number of carbonyl (C=O) groups is 2. The van der Waals surface area contributed by atoms with E-state index in [1.807, 2.05) is 0 Å². The lowest BCUT2D eigenvalue weighted by Gasteiger charge is -2.37. The molecule has 1 amide bonds. The molecule has 2 unspecified atom stereocenters. The standard InChI is InChI=1S/C8H11NO4/c1-3-5(11)6-7(12)9-8(6)13-4(2)10/h3,5-6,8,11H,1H2,2H3,(H,9,12)/t5-,6?,8?/m0/s1. The zero-order valence-corrected chi connectivity index (χ0v) is 7.19. The first-order valence-electron chi connectivity index (χ1n) is 3.84. The van der Waals surface area contributed by atoms with Crippen LogP contribution >= 0.6 is 0 Å². The van der Waals surface area contributed by atoms with Crippen LogP contribution in [0.15, 0.2) is 12.7 Å². The summed E-state index contributed by atoms with van der Waals surface area (Å²) in [5.74, 6) is -1.55. The highest BCUT2D eigenvalue weighted by atomic mass is 16.6. The van der Waals surface area contributed by atoms with E-state index in [0.29, 0.717) is 0 Å². The molecule has 0 bridgehead atoms. The molecule has 0 aromatic carbocycles. The van der Waals surface area contributed by atoms with Crippen molar-refractivity contribution in [3.05, 3.63) is 12.7 Å². The van der Waals surface area contributed by atoms with Gasteiger partial charge in [-0.05, 0) is 0 Å². The second-order valence-corrected chi connectivity index (χ2v) is 2.79. The second-order valence-electron chi connectivity index (χ2n) is 2.79. The number of hydrogen-bond acceptors (Lipinski definition) is 4. The largest absolute Gasteiger partial charge is 0.441 e. The molecule has 1 rings (SSSR count). The van der Waals surface area contributed by atoms with Crippen molar-refractivity contribution in [2.45, 2.75) is 19.3 Å². The molecule has 1 fully saturated rings. The summed E-state index contributed by atoms with van der Waals surface area (Å²) < 4.78 is 4.71. The molecule has 0 spiro atoms. The van der Waals surface area contributed by atoms with Crippen LogP contribution in [0, 0.1) is 5.92 Å². The molecule has 0 saturated carbocycles. The minimum atomic E-state index is -0.974. The number of β-lactam (4-membered cyclic amide) rings is 1. The van der Waals surface area contributed by atoms with Crippen LogP contribution in [-0.4, -0.2) is 29.3 Å². The smallest absolute Gasteiger partial charge is 0.304 e.